The minimum Gasteiger partial charge on any atom is -0.445 e. The summed E-state index contributed by atoms with van der Waals surface area (Å²) in [6.45, 7) is 0. The smallest absolute Gasteiger partial charge is 0.306 e. The van der Waals surface area contributed by atoms with E-state index in [1.54, 1.807) is 24.3 Å². The molecule has 0 saturated carbocycles. The average Bonchev–Trinajstić information content (AvgIpc) is 3.04. The topological polar surface area (TPSA) is 87.6 Å². The molecule has 0 bridgehead atoms. The van der Waals surface area contributed by atoms with Crippen LogP contribution >= 0.6 is 0 Å². The fourth-order valence-corrected chi connectivity index (χ4v) is 5.06. The Morgan fingerprint density at radius 2 is 0.976 bits per heavy atom. The summed E-state index contributed by atoms with van der Waals surface area (Å²) in [6, 6.07) is 44.1. The van der Waals surface area contributed by atoms with Gasteiger partial charge in [0.1, 0.15) is 11.5 Å². The molecule has 5 aromatic rings. The van der Waals surface area contributed by atoms with E-state index in [-0.39, 0.29) is 5.78 Å². The minimum atomic E-state index is -1.75. The number of ketones is 1. The average molecular weight is 551 g/mol. The zero-order chi connectivity index (χ0) is 29.0. The molecular formula is C37H30N2O3. The Morgan fingerprint density at radius 3 is 1.45 bits per heavy atom. The number of nitrogens with two attached hydrogens (primary N) is 2. The molecule has 0 amide bonds. The number of allylic oxidation sites excluding steroid dienone is 2. The monoisotopic (exact) mass is 550 g/mol. The van der Waals surface area contributed by atoms with E-state index >= 15 is 0 Å². The SMILES string of the molecule is NC1(N)C=C(C(=O)c2ccccc2)C=CC1(Oc1ccccc1-c1ccccc1)Oc1ccccc1-c1ccccc1. The fraction of sp³-hybridized carbons (Fsp3) is 0.0541. The van der Waals surface area contributed by atoms with Crippen molar-refractivity contribution in [2.24, 2.45) is 11.5 Å². The van der Waals surface area contributed by atoms with Gasteiger partial charge in [0.2, 0.25) is 0 Å². The van der Waals surface area contributed by atoms with Crippen molar-refractivity contribution in [1.29, 1.82) is 0 Å². The number of hydrogen-bond acceptors (Lipinski definition) is 5. The van der Waals surface area contributed by atoms with Gasteiger partial charge in [-0.3, -0.25) is 4.79 Å². The number of benzene rings is 5. The molecule has 1 aliphatic rings. The Morgan fingerprint density at radius 1 is 0.548 bits per heavy atom. The summed E-state index contributed by atoms with van der Waals surface area (Å²) in [5.74, 6) is -0.868. The summed E-state index contributed by atoms with van der Waals surface area (Å²) < 4.78 is 13.5. The molecule has 0 heterocycles. The Hall–Kier alpha value is -5.23. The molecule has 0 aromatic heterocycles. The molecule has 0 fully saturated rings. The molecule has 0 atom stereocenters. The third-order valence-electron chi connectivity index (χ3n) is 7.25. The zero-order valence-electron chi connectivity index (χ0n) is 22.9. The van der Waals surface area contributed by atoms with Gasteiger partial charge in [-0.1, -0.05) is 127 Å². The quantitative estimate of drug-likeness (QED) is 0.158. The van der Waals surface area contributed by atoms with Crippen LogP contribution in [0.2, 0.25) is 0 Å². The number of ether oxygens (including phenoxy) is 2. The normalized spacial score (nSPS) is 15.0. The highest BCUT2D eigenvalue weighted by molar-refractivity contribution is 6.10. The highest BCUT2D eigenvalue weighted by Crippen LogP contribution is 2.41. The standard InChI is InChI=1S/C37H30N2O3/c38-36(39)26-30(35(40)29-18-8-3-9-19-29)24-25-37(36,41-33-22-12-10-20-31(33)27-14-4-1-5-15-27)42-34-23-13-11-21-32(34)28-16-6-2-7-17-28/h1-26H,38-39H2. The van der Waals surface area contributed by atoms with Crippen LogP contribution in [-0.4, -0.2) is 17.2 Å². The van der Waals surface area contributed by atoms with E-state index in [1.165, 1.54) is 6.08 Å². The molecular weight excluding hydrogens is 520 g/mol. The number of para-hydroxylation sites is 2. The third kappa shape index (κ3) is 5.27. The lowest BCUT2D eigenvalue weighted by atomic mass is 9.87. The molecule has 0 radical (unpaired) electrons. The van der Waals surface area contributed by atoms with Crippen LogP contribution in [0.4, 0.5) is 0 Å². The lowest BCUT2D eigenvalue weighted by Crippen LogP contribution is -2.71. The van der Waals surface area contributed by atoms with Gasteiger partial charge in [0.15, 0.2) is 11.4 Å². The molecule has 5 aromatic carbocycles. The second-order valence-corrected chi connectivity index (χ2v) is 10.2. The summed E-state index contributed by atoms with van der Waals surface area (Å²) in [5, 5.41) is 0. The number of hydrogen-bond donors (Lipinski definition) is 2. The first kappa shape index (κ1) is 27.0. The van der Waals surface area contributed by atoms with Crippen LogP contribution in [0.25, 0.3) is 22.3 Å². The van der Waals surface area contributed by atoms with Crippen molar-refractivity contribution in [2.75, 3.05) is 0 Å². The first-order valence-electron chi connectivity index (χ1n) is 13.7. The van der Waals surface area contributed by atoms with Gasteiger partial charge in [0.25, 0.3) is 0 Å². The van der Waals surface area contributed by atoms with Crippen molar-refractivity contribution in [1.82, 2.24) is 0 Å². The minimum absolute atomic E-state index is 0.199. The van der Waals surface area contributed by atoms with Crippen LogP contribution in [0.5, 0.6) is 11.5 Å². The molecule has 4 N–H and O–H groups in total. The highest BCUT2D eigenvalue weighted by atomic mass is 16.7. The highest BCUT2D eigenvalue weighted by Gasteiger charge is 2.52. The summed E-state index contributed by atoms with van der Waals surface area (Å²) >= 11 is 0. The predicted molar refractivity (Wildman–Crippen MR) is 167 cm³/mol. The molecule has 206 valence electrons. The number of rotatable bonds is 8. The molecule has 1 aliphatic carbocycles. The predicted octanol–water partition coefficient (Wildman–Crippen LogP) is 7.17. The molecule has 5 heteroatoms. The van der Waals surface area contributed by atoms with Gasteiger partial charge in [-0.05, 0) is 35.4 Å². The van der Waals surface area contributed by atoms with Gasteiger partial charge in [0, 0.05) is 28.3 Å². The zero-order valence-corrected chi connectivity index (χ0v) is 22.9. The van der Waals surface area contributed by atoms with E-state index in [9.17, 15) is 4.79 Å². The molecule has 0 unspecified atom stereocenters. The van der Waals surface area contributed by atoms with Crippen LogP contribution in [-0.2, 0) is 0 Å². The molecule has 5 nitrogen and oxygen atoms in total. The van der Waals surface area contributed by atoms with Gasteiger partial charge in [-0.25, -0.2) is 0 Å². The lowest BCUT2D eigenvalue weighted by Gasteiger charge is -2.44. The van der Waals surface area contributed by atoms with Crippen LogP contribution in [0.1, 0.15) is 10.4 Å². The Kier molecular flexibility index (Phi) is 7.28. The van der Waals surface area contributed by atoms with Gasteiger partial charge in [-0.2, -0.15) is 0 Å². The van der Waals surface area contributed by atoms with Crippen LogP contribution in [0.3, 0.4) is 0 Å². The molecule has 0 spiro atoms. The van der Waals surface area contributed by atoms with Crippen molar-refractivity contribution >= 4 is 5.78 Å². The first-order chi connectivity index (χ1) is 20.5. The maximum atomic E-state index is 13.4. The maximum Gasteiger partial charge on any atom is 0.306 e. The van der Waals surface area contributed by atoms with Gasteiger partial charge >= 0.3 is 5.79 Å². The number of carbonyl (C=O) groups excluding carboxylic acids is 1. The van der Waals surface area contributed by atoms with E-state index in [4.69, 9.17) is 20.9 Å². The Balaban J connectivity index is 1.47. The van der Waals surface area contributed by atoms with E-state index in [2.05, 4.69) is 0 Å². The van der Waals surface area contributed by atoms with Crippen molar-refractivity contribution < 1.29 is 14.3 Å². The number of Topliss-reactive ketones (excluding diaryl/α,β-unsaturated/α-hetero) is 1. The van der Waals surface area contributed by atoms with Crippen LogP contribution in [0, 0.1) is 0 Å². The third-order valence-corrected chi connectivity index (χ3v) is 7.25. The van der Waals surface area contributed by atoms with Crippen molar-refractivity contribution in [3.8, 4) is 33.8 Å². The largest absolute Gasteiger partial charge is 0.445 e. The summed E-state index contributed by atoms with van der Waals surface area (Å²) in [7, 11) is 0. The van der Waals surface area contributed by atoms with Gasteiger partial charge in [0.05, 0.1) is 0 Å². The first-order valence-corrected chi connectivity index (χ1v) is 13.7. The van der Waals surface area contributed by atoms with Crippen LogP contribution < -0.4 is 20.9 Å². The van der Waals surface area contributed by atoms with Crippen molar-refractivity contribution in [3.63, 3.8) is 0 Å². The van der Waals surface area contributed by atoms with Crippen molar-refractivity contribution in [2.45, 2.75) is 11.4 Å². The fourth-order valence-electron chi connectivity index (χ4n) is 5.06. The molecule has 0 aliphatic heterocycles. The van der Waals surface area contributed by atoms with E-state index in [0.717, 1.165) is 22.3 Å². The van der Waals surface area contributed by atoms with Crippen LogP contribution in [0.15, 0.2) is 163 Å². The summed E-state index contributed by atoms with van der Waals surface area (Å²) in [5.41, 5.74) is 16.5. The molecule has 0 saturated heterocycles. The van der Waals surface area contributed by atoms with Gasteiger partial charge < -0.3 is 20.9 Å². The molecule has 42 heavy (non-hydrogen) atoms. The maximum absolute atomic E-state index is 13.4. The summed E-state index contributed by atoms with van der Waals surface area (Å²) in [4.78, 5) is 13.4. The Labute approximate surface area is 245 Å². The van der Waals surface area contributed by atoms with E-state index in [0.29, 0.717) is 22.6 Å². The second-order valence-electron chi connectivity index (χ2n) is 10.2. The lowest BCUT2D eigenvalue weighted by molar-refractivity contribution is -0.112. The van der Waals surface area contributed by atoms with Gasteiger partial charge in [-0.15, -0.1) is 0 Å². The molecule has 6 rings (SSSR count). The Bertz CT molecular complexity index is 1680. The van der Waals surface area contributed by atoms with E-state index < -0.39 is 11.4 Å². The summed E-state index contributed by atoms with van der Waals surface area (Å²) in [6.07, 6.45) is 4.84. The van der Waals surface area contributed by atoms with E-state index in [1.807, 2.05) is 127 Å². The second kappa shape index (κ2) is 11.3. The number of carbonyl (C=O) groups is 1. The van der Waals surface area contributed by atoms with Crippen molar-refractivity contribution in [3.05, 3.63) is 169 Å².